The van der Waals surface area contributed by atoms with E-state index in [0.29, 0.717) is 150 Å². The van der Waals surface area contributed by atoms with Crippen LogP contribution in [0.2, 0.25) is 15.1 Å². The van der Waals surface area contributed by atoms with Crippen LogP contribution in [0.1, 0.15) is 203 Å². The molecular weight excluding hydrogens is 1970 g/mol. The summed E-state index contributed by atoms with van der Waals surface area (Å²) in [5.74, 6) is 1.41. The molecular formula is C102H126Br3Cl3N18O9. The van der Waals surface area contributed by atoms with Crippen LogP contribution in [-0.2, 0) is 108 Å². The molecule has 3 saturated carbocycles. The molecule has 3 saturated heterocycles. The summed E-state index contributed by atoms with van der Waals surface area (Å²) in [4.78, 5) is 130. The standard InChI is InChI=1S/3C34H42BrClN6O3/c3*1-34(2,3)45-33(44)42-14-13-40(20-29(42)32(43)41(19-22-5-6-22)12-11-27-18-37-21-39(27)4)31-28-10-9-26(36)16-23(28)7-8-24-15-25(35)17-38-30(24)31/h3*9-10,15-18,21-22,29,31H,5-8,11-14,19-20H2,1-4H3/t29-,31?;29-,31+;29-,31-/m111/s1. The van der Waals surface area contributed by atoms with Crippen LogP contribution in [0.3, 0.4) is 0 Å². The second kappa shape index (κ2) is 42.5. The van der Waals surface area contributed by atoms with E-state index in [-0.39, 0.29) is 35.8 Å². The maximum atomic E-state index is 14.7. The van der Waals surface area contributed by atoms with Crippen molar-refractivity contribution < 1.29 is 43.0 Å². The minimum atomic E-state index is -0.697. The molecule has 0 bridgehead atoms. The Morgan fingerprint density at radius 1 is 0.370 bits per heavy atom. The number of amides is 6. The quantitative estimate of drug-likeness (QED) is 0.0606. The fourth-order valence-corrected chi connectivity index (χ4v) is 21.4. The molecule has 720 valence electrons. The molecule has 6 aliphatic carbocycles. The summed E-state index contributed by atoms with van der Waals surface area (Å²) in [5.41, 5.74) is 14.7. The van der Waals surface area contributed by atoms with Gasteiger partial charge in [0.15, 0.2) is 0 Å². The SMILES string of the molecule is Cn1cncc1CCN(CC1CC1)C(=O)[C@H]1CN(C2c3ccc(Cl)cc3CCc3cc(Br)cnc32)CCN1C(=O)OC(C)(C)C.Cn1cncc1CCN(CC1CC1)C(=O)[C@H]1CN([C@@H]2c3ccc(Cl)cc3CCc3cc(Br)cnc32)CCN1C(=O)OC(C)(C)C.Cn1cncc1CCN(CC1CC1)C(=O)[C@H]1CN([C@H]2c3ccc(Cl)cc3CCc3cc(Br)cnc32)CCN1C(=O)OC(C)(C)C. The zero-order chi connectivity index (χ0) is 95.6. The molecule has 135 heavy (non-hydrogen) atoms. The Labute approximate surface area is 833 Å². The molecule has 33 heteroatoms. The number of carbonyl (C=O) groups excluding carboxylic acids is 6. The van der Waals surface area contributed by atoms with Crippen molar-refractivity contribution in [2.45, 2.75) is 212 Å². The zero-order valence-corrected chi connectivity index (χ0v) is 86.6. The van der Waals surface area contributed by atoms with Crippen molar-refractivity contribution in [3.05, 3.63) is 242 Å². The largest absolute Gasteiger partial charge is 0.444 e. The first-order valence-corrected chi connectivity index (χ1v) is 51.1. The number of hydrogen-bond donors (Lipinski definition) is 0. The van der Waals surface area contributed by atoms with Crippen molar-refractivity contribution in [2.75, 3.05) is 98.2 Å². The summed E-state index contributed by atoms with van der Waals surface area (Å²) in [5, 5.41) is 2.12. The number of aryl methyl sites for hydroxylation is 9. The molecule has 6 amide bonds. The predicted octanol–water partition coefficient (Wildman–Crippen LogP) is 17.5. The first-order chi connectivity index (χ1) is 64.4. The van der Waals surface area contributed by atoms with Crippen LogP contribution in [0.4, 0.5) is 14.4 Å². The van der Waals surface area contributed by atoms with Crippen LogP contribution in [0.15, 0.2) is 142 Å². The number of aromatic nitrogens is 9. The van der Waals surface area contributed by atoms with Crippen LogP contribution in [-0.4, -0.2) is 257 Å². The van der Waals surface area contributed by atoms with Crippen LogP contribution < -0.4 is 0 Å². The van der Waals surface area contributed by atoms with Gasteiger partial charge in [-0.2, -0.15) is 0 Å². The van der Waals surface area contributed by atoms with Gasteiger partial charge in [0.2, 0.25) is 17.7 Å². The summed E-state index contributed by atoms with van der Waals surface area (Å²) in [6.45, 7) is 24.5. The van der Waals surface area contributed by atoms with Crippen molar-refractivity contribution in [3.63, 3.8) is 0 Å². The van der Waals surface area contributed by atoms with Crippen LogP contribution in [0.25, 0.3) is 0 Å². The highest BCUT2D eigenvalue weighted by Gasteiger charge is 2.49. The third kappa shape index (κ3) is 24.9. The van der Waals surface area contributed by atoms with Gasteiger partial charge in [0.05, 0.1) is 54.2 Å². The molecule has 9 aliphatic rings. The smallest absolute Gasteiger partial charge is 0.411 e. The predicted molar refractivity (Wildman–Crippen MR) is 531 cm³/mol. The molecule has 3 aliphatic heterocycles. The second-order valence-electron chi connectivity index (χ2n) is 40.8. The summed E-state index contributed by atoms with van der Waals surface area (Å²) in [6.07, 6.45) is 29.0. The van der Waals surface area contributed by atoms with Crippen molar-refractivity contribution in [1.29, 1.82) is 0 Å². The maximum absolute atomic E-state index is 14.7. The molecule has 6 aromatic heterocycles. The third-order valence-electron chi connectivity index (χ3n) is 27.1. The molecule has 9 aromatic rings. The first-order valence-electron chi connectivity index (χ1n) is 47.6. The number of ether oxygens (including phenoxy) is 3. The second-order valence-corrected chi connectivity index (χ2v) is 44.9. The molecule has 3 aromatic carbocycles. The average molecular weight is 2090 g/mol. The lowest BCUT2D eigenvalue weighted by Gasteiger charge is -2.45. The van der Waals surface area contributed by atoms with E-state index >= 15 is 0 Å². The lowest BCUT2D eigenvalue weighted by atomic mass is 9.95. The van der Waals surface area contributed by atoms with E-state index in [1.165, 1.54) is 33.4 Å². The first kappa shape index (κ1) is 99.2. The summed E-state index contributed by atoms with van der Waals surface area (Å²) in [6, 6.07) is 22.1. The van der Waals surface area contributed by atoms with Crippen LogP contribution in [0.5, 0.6) is 0 Å². The maximum Gasteiger partial charge on any atom is 0.411 e. The highest BCUT2D eigenvalue weighted by atomic mass is 79.9. The van der Waals surface area contributed by atoms with Gasteiger partial charge < -0.3 is 42.6 Å². The topological polar surface area (TPSA) is 251 Å². The number of halogens is 6. The van der Waals surface area contributed by atoms with Gasteiger partial charge in [0.25, 0.3) is 0 Å². The van der Waals surface area contributed by atoms with Crippen molar-refractivity contribution in [2.24, 2.45) is 38.9 Å². The molecule has 27 nitrogen and oxygen atoms in total. The Morgan fingerprint density at radius 2 is 0.630 bits per heavy atom. The number of hydrogen-bond acceptors (Lipinski definition) is 18. The molecule has 6 fully saturated rings. The number of pyridine rings is 3. The number of nitrogens with zero attached hydrogens (tertiary/aromatic N) is 18. The Bertz CT molecular complexity index is 5090. The summed E-state index contributed by atoms with van der Waals surface area (Å²) >= 11 is 30.3. The molecule has 1 unspecified atom stereocenters. The summed E-state index contributed by atoms with van der Waals surface area (Å²) < 4.78 is 26.4. The van der Waals surface area contributed by atoms with E-state index in [2.05, 4.69) is 132 Å². The van der Waals surface area contributed by atoms with E-state index in [1.807, 2.05) is 167 Å². The number of imidazole rings is 3. The number of fused-ring (bicyclic) bond motifs is 6. The fourth-order valence-electron chi connectivity index (χ4n) is 19.7. The molecule has 9 heterocycles. The average Bonchev–Trinajstić information content (AvgIpc) is 1.74. The van der Waals surface area contributed by atoms with Gasteiger partial charge in [0.1, 0.15) is 34.9 Å². The van der Waals surface area contributed by atoms with Crippen molar-refractivity contribution in [3.8, 4) is 0 Å². The van der Waals surface area contributed by atoms with Gasteiger partial charge in [-0.05, 0) is 310 Å². The molecule has 18 rings (SSSR count). The Balaban J connectivity index is 0.000000147. The Morgan fingerprint density at radius 3 is 0.867 bits per heavy atom. The third-order valence-corrected chi connectivity index (χ3v) is 29.1. The minimum absolute atomic E-state index is 0.0337. The van der Waals surface area contributed by atoms with Gasteiger partial charge in [0, 0.05) is 221 Å². The lowest BCUT2D eigenvalue weighted by molar-refractivity contribution is -0.140. The normalized spacial score (nSPS) is 20.3. The van der Waals surface area contributed by atoms with Crippen molar-refractivity contribution in [1.82, 2.24) is 87.7 Å². The molecule has 0 spiro atoms. The highest BCUT2D eigenvalue weighted by molar-refractivity contribution is 9.11. The van der Waals surface area contributed by atoms with E-state index in [4.69, 9.17) is 64.0 Å². The Hall–Kier alpha value is -8.85. The monoisotopic (exact) mass is 2090 g/mol. The Kier molecular flexibility index (Phi) is 31.2. The van der Waals surface area contributed by atoms with E-state index in [1.54, 1.807) is 33.7 Å². The van der Waals surface area contributed by atoms with Gasteiger partial charge in [-0.1, -0.05) is 53.0 Å². The van der Waals surface area contributed by atoms with Gasteiger partial charge >= 0.3 is 18.3 Å². The zero-order valence-electron chi connectivity index (χ0n) is 79.5. The fraction of sp³-hybridized carbons (Fsp3) is 0.529. The number of piperazine rings is 3. The summed E-state index contributed by atoms with van der Waals surface area (Å²) in [7, 11) is 5.92. The van der Waals surface area contributed by atoms with E-state index in [0.717, 1.165) is 141 Å². The van der Waals surface area contributed by atoms with Crippen molar-refractivity contribution >= 4 is 119 Å². The highest BCUT2D eigenvalue weighted by Crippen LogP contribution is 2.45. The lowest BCUT2D eigenvalue weighted by Crippen LogP contribution is -2.62. The van der Waals surface area contributed by atoms with Gasteiger partial charge in [-0.3, -0.25) is 58.7 Å². The van der Waals surface area contributed by atoms with Gasteiger partial charge in [-0.15, -0.1) is 0 Å². The molecule has 0 radical (unpaired) electrons. The van der Waals surface area contributed by atoms with Crippen LogP contribution in [0, 0.1) is 17.8 Å². The number of rotatable bonds is 21. The van der Waals surface area contributed by atoms with Crippen LogP contribution >= 0.6 is 82.6 Å². The van der Waals surface area contributed by atoms with Gasteiger partial charge in [-0.25, -0.2) is 29.3 Å². The van der Waals surface area contributed by atoms with E-state index in [9.17, 15) is 28.8 Å². The van der Waals surface area contributed by atoms with E-state index < -0.39 is 53.2 Å². The number of benzene rings is 3. The molecule has 6 atom stereocenters. The number of carbonyl (C=O) groups is 6. The molecule has 0 N–H and O–H groups in total. The minimum Gasteiger partial charge on any atom is -0.444 e.